The smallest absolute Gasteiger partial charge is 0.131 e. The molecule has 2 N–H and O–H groups in total. The Bertz CT molecular complexity index is 247. The van der Waals surface area contributed by atoms with Crippen molar-refractivity contribution in [3.63, 3.8) is 0 Å². The van der Waals surface area contributed by atoms with Gasteiger partial charge in [0, 0.05) is 6.42 Å². The highest BCUT2D eigenvalue weighted by atomic mass is 16.3. The third-order valence-corrected chi connectivity index (χ3v) is 2.82. The number of hydrogen-bond donors (Lipinski definition) is 2. The number of hydrogen-bond acceptors (Lipinski definition) is 4. The normalized spacial score (nSPS) is 19.0. The Hall–Kier alpha value is -1.00. The molecule has 0 aliphatic carbocycles. The van der Waals surface area contributed by atoms with Crippen LogP contribution < -0.4 is 0 Å². The Morgan fingerprint density at radius 1 is 1.25 bits per heavy atom. The summed E-state index contributed by atoms with van der Waals surface area (Å²) >= 11 is 0. The van der Waals surface area contributed by atoms with Crippen molar-refractivity contribution >= 4 is 12.6 Å². The quantitative estimate of drug-likeness (QED) is 0.477. The van der Waals surface area contributed by atoms with Crippen LogP contribution in [0.4, 0.5) is 0 Å². The van der Waals surface area contributed by atoms with Crippen LogP contribution in [0.25, 0.3) is 0 Å². The minimum absolute atomic E-state index is 0.171. The van der Waals surface area contributed by atoms with E-state index in [9.17, 15) is 19.8 Å². The van der Waals surface area contributed by atoms with Crippen molar-refractivity contribution in [2.75, 3.05) is 0 Å². The summed E-state index contributed by atoms with van der Waals surface area (Å²) in [5.74, 6) is 0. The Morgan fingerprint density at radius 3 is 2.25 bits per heavy atom. The van der Waals surface area contributed by atoms with Crippen LogP contribution in [0.2, 0.25) is 0 Å². The van der Waals surface area contributed by atoms with E-state index >= 15 is 0 Å². The van der Waals surface area contributed by atoms with Crippen LogP contribution in [0.5, 0.6) is 0 Å². The molecule has 0 amide bonds. The average molecular weight is 228 g/mol. The molecule has 0 aliphatic heterocycles. The molecule has 3 atom stereocenters. The average Bonchev–Trinajstić information content (AvgIpc) is 2.25. The molecular weight excluding hydrogens is 208 g/mol. The van der Waals surface area contributed by atoms with Gasteiger partial charge in [0.1, 0.15) is 12.6 Å². The van der Waals surface area contributed by atoms with Gasteiger partial charge in [0.15, 0.2) is 0 Å². The molecule has 92 valence electrons. The molecule has 4 nitrogen and oxygen atoms in total. The number of carbonyl (C=O) groups is 2. The summed E-state index contributed by atoms with van der Waals surface area (Å²) in [4.78, 5) is 21.5. The first-order valence-corrected chi connectivity index (χ1v) is 5.46. The van der Waals surface area contributed by atoms with E-state index in [2.05, 4.69) is 0 Å². The standard InChI is InChI=1S/C12H20O4/c1-3-4-5-6-11(16)12(9-14,7-8-13)10(2)15/h4-5,8-11,15-16H,3,6-7H2,1-2H3/b5-4-. The number of rotatable bonds is 8. The summed E-state index contributed by atoms with van der Waals surface area (Å²) in [5.41, 5.74) is -1.39. The van der Waals surface area contributed by atoms with Crippen molar-refractivity contribution in [1.29, 1.82) is 0 Å². The lowest BCUT2D eigenvalue weighted by molar-refractivity contribution is -0.137. The Labute approximate surface area is 96.0 Å². The molecule has 0 aliphatic rings. The fourth-order valence-corrected chi connectivity index (χ4v) is 1.57. The molecule has 4 heteroatoms. The number of aldehydes is 2. The van der Waals surface area contributed by atoms with Crippen molar-refractivity contribution in [2.24, 2.45) is 5.41 Å². The lowest BCUT2D eigenvalue weighted by Crippen LogP contribution is -2.45. The highest BCUT2D eigenvalue weighted by Gasteiger charge is 2.41. The van der Waals surface area contributed by atoms with Gasteiger partial charge in [-0.1, -0.05) is 19.1 Å². The Morgan fingerprint density at radius 2 is 1.88 bits per heavy atom. The van der Waals surface area contributed by atoms with Crippen molar-refractivity contribution in [1.82, 2.24) is 0 Å². The van der Waals surface area contributed by atoms with Crippen LogP contribution in [0.15, 0.2) is 12.2 Å². The molecule has 0 heterocycles. The number of allylic oxidation sites excluding steroid dienone is 1. The number of carbonyl (C=O) groups excluding carboxylic acids is 2. The molecule has 0 saturated heterocycles. The lowest BCUT2D eigenvalue weighted by Gasteiger charge is -2.33. The molecular formula is C12H20O4. The summed E-state index contributed by atoms with van der Waals surface area (Å²) in [6.07, 6.45) is 3.46. The van der Waals surface area contributed by atoms with Crippen LogP contribution in [-0.2, 0) is 9.59 Å². The maximum atomic E-state index is 11.0. The van der Waals surface area contributed by atoms with Crippen molar-refractivity contribution < 1.29 is 19.8 Å². The summed E-state index contributed by atoms with van der Waals surface area (Å²) in [6, 6.07) is 0. The lowest BCUT2D eigenvalue weighted by atomic mass is 9.75. The van der Waals surface area contributed by atoms with Gasteiger partial charge in [-0.05, 0) is 19.8 Å². The second kappa shape index (κ2) is 7.30. The largest absolute Gasteiger partial charge is 0.392 e. The molecule has 0 rings (SSSR count). The highest BCUT2D eigenvalue weighted by molar-refractivity contribution is 5.68. The van der Waals surface area contributed by atoms with E-state index < -0.39 is 17.6 Å². The maximum Gasteiger partial charge on any atom is 0.131 e. The second-order valence-electron chi connectivity index (χ2n) is 3.91. The molecule has 0 bridgehead atoms. The van der Waals surface area contributed by atoms with Crippen LogP contribution in [0.1, 0.15) is 33.1 Å². The fraction of sp³-hybridized carbons (Fsp3) is 0.667. The molecule has 0 aromatic heterocycles. The minimum Gasteiger partial charge on any atom is -0.392 e. The van der Waals surface area contributed by atoms with Gasteiger partial charge in [-0.3, -0.25) is 0 Å². The number of aliphatic hydroxyl groups is 2. The van der Waals surface area contributed by atoms with Gasteiger partial charge in [0.2, 0.25) is 0 Å². The van der Waals surface area contributed by atoms with E-state index in [4.69, 9.17) is 0 Å². The zero-order chi connectivity index (χ0) is 12.6. The first-order chi connectivity index (χ1) is 7.55. The fourth-order valence-electron chi connectivity index (χ4n) is 1.57. The summed E-state index contributed by atoms with van der Waals surface area (Å²) in [5, 5.41) is 19.4. The molecule has 0 radical (unpaired) electrons. The van der Waals surface area contributed by atoms with Gasteiger partial charge >= 0.3 is 0 Å². The van der Waals surface area contributed by atoms with Gasteiger partial charge in [0.05, 0.1) is 17.6 Å². The van der Waals surface area contributed by atoms with Crippen LogP contribution >= 0.6 is 0 Å². The second-order valence-corrected chi connectivity index (χ2v) is 3.91. The predicted octanol–water partition coefficient (Wildman–Crippen LogP) is 0.859. The SMILES string of the molecule is CC/C=C\CC(O)C(C=O)(CC=O)C(C)O. The van der Waals surface area contributed by atoms with Crippen LogP contribution in [0, 0.1) is 5.41 Å². The van der Waals surface area contributed by atoms with Crippen molar-refractivity contribution in [3.05, 3.63) is 12.2 Å². The molecule has 0 fully saturated rings. The third-order valence-electron chi connectivity index (χ3n) is 2.82. The highest BCUT2D eigenvalue weighted by Crippen LogP contribution is 2.30. The molecule has 0 spiro atoms. The third kappa shape index (κ3) is 3.54. The molecule has 0 aromatic carbocycles. The van der Waals surface area contributed by atoms with Crippen molar-refractivity contribution in [3.8, 4) is 0 Å². The van der Waals surface area contributed by atoms with Gasteiger partial charge < -0.3 is 19.8 Å². The molecule has 3 unspecified atom stereocenters. The van der Waals surface area contributed by atoms with E-state index in [0.717, 1.165) is 6.42 Å². The summed E-state index contributed by atoms with van der Waals surface area (Å²) < 4.78 is 0. The maximum absolute atomic E-state index is 11.0. The number of aliphatic hydroxyl groups excluding tert-OH is 2. The summed E-state index contributed by atoms with van der Waals surface area (Å²) in [7, 11) is 0. The van der Waals surface area contributed by atoms with Gasteiger partial charge in [-0.2, -0.15) is 0 Å². The van der Waals surface area contributed by atoms with E-state index in [-0.39, 0.29) is 12.8 Å². The minimum atomic E-state index is -1.39. The first kappa shape index (κ1) is 15.0. The van der Waals surface area contributed by atoms with E-state index in [0.29, 0.717) is 12.6 Å². The van der Waals surface area contributed by atoms with E-state index in [1.807, 2.05) is 13.0 Å². The molecule has 0 aromatic rings. The topological polar surface area (TPSA) is 74.6 Å². The Balaban J connectivity index is 4.79. The first-order valence-electron chi connectivity index (χ1n) is 5.46. The van der Waals surface area contributed by atoms with Crippen molar-refractivity contribution in [2.45, 2.75) is 45.3 Å². The van der Waals surface area contributed by atoms with Crippen LogP contribution in [-0.4, -0.2) is 35.0 Å². The van der Waals surface area contributed by atoms with Gasteiger partial charge in [-0.25, -0.2) is 0 Å². The van der Waals surface area contributed by atoms with E-state index in [1.54, 1.807) is 6.08 Å². The van der Waals surface area contributed by atoms with Gasteiger partial charge in [0.25, 0.3) is 0 Å². The zero-order valence-corrected chi connectivity index (χ0v) is 9.80. The summed E-state index contributed by atoms with van der Waals surface area (Å²) in [6.45, 7) is 3.36. The van der Waals surface area contributed by atoms with Crippen LogP contribution in [0.3, 0.4) is 0 Å². The van der Waals surface area contributed by atoms with E-state index in [1.165, 1.54) is 6.92 Å². The van der Waals surface area contributed by atoms with Gasteiger partial charge in [-0.15, -0.1) is 0 Å². The zero-order valence-electron chi connectivity index (χ0n) is 9.80. The Kier molecular flexibility index (Phi) is 6.85. The predicted molar refractivity (Wildman–Crippen MR) is 60.9 cm³/mol. The molecule has 0 saturated carbocycles. The monoisotopic (exact) mass is 228 g/mol. The molecule has 16 heavy (non-hydrogen) atoms.